The van der Waals surface area contributed by atoms with E-state index < -0.39 is 0 Å². The fraction of sp³-hybridized carbons (Fsp3) is 0.429. The van der Waals surface area contributed by atoms with E-state index in [4.69, 9.17) is 21.1 Å². The molecule has 112 valence electrons. The van der Waals surface area contributed by atoms with Crippen molar-refractivity contribution in [1.29, 1.82) is 0 Å². The van der Waals surface area contributed by atoms with Crippen molar-refractivity contribution < 1.29 is 9.47 Å². The predicted octanol–water partition coefficient (Wildman–Crippen LogP) is 3.73. The van der Waals surface area contributed by atoms with E-state index in [9.17, 15) is 0 Å². The molecule has 5 nitrogen and oxygen atoms in total. The standard InChI is InChI=1S/C14H16ClN3O2S/c1-8(2)3-12-17-18-14(21-12)16-6-9-4-10(15)13-11(5-9)19-7-20-13/h4-5,8H,3,6-7H2,1-2H3,(H,16,18). The Hall–Kier alpha value is -1.53. The highest BCUT2D eigenvalue weighted by Crippen LogP contribution is 2.39. The number of hydrogen-bond donors (Lipinski definition) is 1. The number of ether oxygens (including phenoxy) is 2. The van der Waals surface area contributed by atoms with Crippen LogP contribution in [0.4, 0.5) is 5.13 Å². The molecule has 1 aromatic heterocycles. The first-order chi connectivity index (χ1) is 10.1. The van der Waals surface area contributed by atoms with Gasteiger partial charge in [-0.25, -0.2) is 0 Å². The minimum absolute atomic E-state index is 0.223. The molecular formula is C14H16ClN3O2S. The monoisotopic (exact) mass is 325 g/mol. The van der Waals surface area contributed by atoms with Gasteiger partial charge in [-0.15, -0.1) is 10.2 Å². The Kier molecular flexibility index (Phi) is 4.17. The molecule has 3 rings (SSSR count). The highest BCUT2D eigenvalue weighted by molar-refractivity contribution is 7.15. The maximum atomic E-state index is 6.16. The topological polar surface area (TPSA) is 56.3 Å². The Balaban J connectivity index is 1.65. The largest absolute Gasteiger partial charge is 0.454 e. The normalized spacial score (nSPS) is 13.0. The van der Waals surface area contributed by atoms with E-state index in [1.807, 2.05) is 12.1 Å². The number of fused-ring (bicyclic) bond motifs is 1. The van der Waals surface area contributed by atoms with Crippen molar-refractivity contribution in [3.8, 4) is 11.5 Å². The summed E-state index contributed by atoms with van der Waals surface area (Å²) >= 11 is 7.75. The van der Waals surface area contributed by atoms with Gasteiger partial charge in [0.25, 0.3) is 0 Å². The summed E-state index contributed by atoms with van der Waals surface area (Å²) in [6.07, 6.45) is 0.954. The zero-order valence-electron chi connectivity index (χ0n) is 11.9. The van der Waals surface area contributed by atoms with Crippen LogP contribution in [0.5, 0.6) is 11.5 Å². The summed E-state index contributed by atoms with van der Waals surface area (Å²) in [5.41, 5.74) is 1.02. The smallest absolute Gasteiger partial charge is 0.231 e. The SMILES string of the molecule is CC(C)Cc1nnc(NCc2cc(Cl)c3c(c2)OCO3)s1. The molecular weight excluding hydrogens is 310 g/mol. The average molecular weight is 326 g/mol. The molecule has 0 spiro atoms. The Morgan fingerprint density at radius 3 is 3.00 bits per heavy atom. The molecule has 0 fully saturated rings. The Bertz CT molecular complexity index is 645. The fourth-order valence-electron chi connectivity index (χ4n) is 2.06. The van der Waals surface area contributed by atoms with Gasteiger partial charge >= 0.3 is 0 Å². The summed E-state index contributed by atoms with van der Waals surface area (Å²) in [6, 6.07) is 3.80. The van der Waals surface area contributed by atoms with Crippen LogP contribution in [0.2, 0.25) is 5.02 Å². The van der Waals surface area contributed by atoms with Gasteiger partial charge in [0.1, 0.15) is 5.01 Å². The lowest BCUT2D eigenvalue weighted by Crippen LogP contribution is -1.99. The second kappa shape index (κ2) is 6.07. The molecule has 0 radical (unpaired) electrons. The summed E-state index contributed by atoms with van der Waals surface area (Å²) in [5.74, 6) is 1.89. The molecule has 7 heteroatoms. The summed E-state index contributed by atoms with van der Waals surface area (Å²) in [7, 11) is 0. The van der Waals surface area contributed by atoms with Crippen LogP contribution in [0.15, 0.2) is 12.1 Å². The van der Waals surface area contributed by atoms with E-state index in [1.165, 1.54) is 0 Å². The molecule has 1 N–H and O–H groups in total. The first-order valence-electron chi connectivity index (χ1n) is 6.76. The van der Waals surface area contributed by atoms with Crippen molar-refractivity contribution in [2.24, 2.45) is 5.92 Å². The van der Waals surface area contributed by atoms with Gasteiger partial charge in [-0.2, -0.15) is 0 Å². The van der Waals surface area contributed by atoms with Crippen molar-refractivity contribution in [3.63, 3.8) is 0 Å². The number of nitrogens with one attached hydrogen (secondary N) is 1. The zero-order chi connectivity index (χ0) is 14.8. The van der Waals surface area contributed by atoms with Gasteiger partial charge in [0.2, 0.25) is 11.9 Å². The minimum atomic E-state index is 0.223. The van der Waals surface area contributed by atoms with Crippen LogP contribution >= 0.6 is 22.9 Å². The molecule has 0 amide bonds. The summed E-state index contributed by atoms with van der Waals surface area (Å²) in [5, 5.41) is 14.0. The van der Waals surface area contributed by atoms with E-state index in [1.54, 1.807) is 11.3 Å². The van der Waals surface area contributed by atoms with Gasteiger partial charge in [0.05, 0.1) is 5.02 Å². The number of rotatable bonds is 5. The van der Waals surface area contributed by atoms with Crippen molar-refractivity contribution in [3.05, 3.63) is 27.7 Å². The predicted molar refractivity (Wildman–Crippen MR) is 83.4 cm³/mol. The van der Waals surface area contributed by atoms with Crippen LogP contribution in [-0.2, 0) is 13.0 Å². The second-order valence-electron chi connectivity index (χ2n) is 5.26. The van der Waals surface area contributed by atoms with E-state index in [-0.39, 0.29) is 6.79 Å². The fourth-order valence-corrected chi connectivity index (χ4v) is 3.29. The van der Waals surface area contributed by atoms with Crippen LogP contribution in [0.1, 0.15) is 24.4 Å². The third-order valence-corrected chi connectivity index (χ3v) is 4.16. The minimum Gasteiger partial charge on any atom is -0.454 e. The number of halogens is 1. The van der Waals surface area contributed by atoms with Gasteiger partial charge in [0.15, 0.2) is 11.5 Å². The highest BCUT2D eigenvalue weighted by Gasteiger charge is 2.18. The maximum absolute atomic E-state index is 6.16. The average Bonchev–Trinajstić information content (AvgIpc) is 3.04. The van der Waals surface area contributed by atoms with Crippen LogP contribution in [-0.4, -0.2) is 17.0 Å². The third-order valence-electron chi connectivity index (χ3n) is 2.98. The number of anilines is 1. The van der Waals surface area contributed by atoms with Gasteiger partial charge in [-0.1, -0.05) is 36.8 Å². The number of benzene rings is 1. The van der Waals surface area contributed by atoms with Crippen LogP contribution < -0.4 is 14.8 Å². The lowest BCUT2D eigenvalue weighted by atomic mass is 10.1. The van der Waals surface area contributed by atoms with Crippen LogP contribution in [0.3, 0.4) is 0 Å². The molecule has 2 heterocycles. The summed E-state index contributed by atoms with van der Waals surface area (Å²) in [4.78, 5) is 0. The second-order valence-corrected chi connectivity index (χ2v) is 6.73. The first kappa shape index (κ1) is 14.4. The van der Waals surface area contributed by atoms with Crippen molar-refractivity contribution in [2.45, 2.75) is 26.8 Å². The molecule has 2 aromatic rings. The number of aromatic nitrogens is 2. The Morgan fingerprint density at radius 1 is 1.33 bits per heavy atom. The van der Waals surface area contributed by atoms with Gasteiger partial charge in [0, 0.05) is 13.0 Å². The van der Waals surface area contributed by atoms with Gasteiger partial charge < -0.3 is 14.8 Å². The molecule has 0 bridgehead atoms. The van der Waals surface area contributed by atoms with Crippen molar-refractivity contribution in [1.82, 2.24) is 10.2 Å². The number of hydrogen-bond acceptors (Lipinski definition) is 6. The molecule has 1 aromatic carbocycles. The number of nitrogens with zero attached hydrogens (tertiary/aromatic N) is 2. The molecule has 0 saturated carbocycles. The maximum Gasteiger partial charge on any atom is 0.231 e. The quantitative estimate of drug-likeness (QED) is 0.907. The molecule has 21 heavy (non-hydrogen) atoms. The van der Waals surface area contributed by atoms with Crippen molar-refractivity contribution in [2.75, 3.05) is 12.1 Å². The molecule has 0 saturated heterocycles. The van der Waals surface area contributed by atoms with Gasteiger partial charge in [-0.3, -0.25) is 0 Å². The van der Waals surface area contributed by atoms with E-state index in [2.05, 4.69) is 29.4 Å². The first-order valence-corrected chi connectivity index (χ1v) is 7.95. The Morgan fingerprint density at radius 2 is 2.19 bits per heavy atom. The van der Waals surface area contributed by atoms with E-state index in [0.717, 1.165) is 22.1 Å². The van der Waals surface area contributed by atoms with Gasteiger partial charge in [-0.05, 0) is 23.6 Å². The summed E-state index contributed by atoms with van der Waals surface area (Å²) < 4.78 is 10.7. The van der Waals surface area contributed by atoms with Crippen molar-refractivity contribution >= 4 is 28.1 Å². The molecule has 0 unspecified atom stereocenters. The van der Waals surface area contributed by atoms with E-state index >= 15 is 0 Å². The zero-order valence-corrected chi connectivity index (χ0v) is 13.4. The molecule has 1 aliphatic heterocycles. The lowest BCUT2D eigenvalue weighted by Gasteiger charge is -2.05. The lowest BCUT2D eigenvalue weighted by molar-refractivity contribution is 0.174. The van der Waals surface area contributed by atoms with Crippen LogP contribution in [0, 0.1) is 5.92 Å². The van der Waals surface area contributed by atoms with Crippen LogP contribution in [0.25, 0.3) is 0 Å². The molecule has 0 atom stereocenters. The molecule has 1 aliphatic rings. The third kappa shape index (κ3) is 3.39. The Labute approximate surface area is 132 Å². The van der Waals surface area contributed by atoms with E-state index in [0.29, 0.717) is 29.0 Å². The summed E-state index contributed by atoms with van der Waals surface area (Å²) in [6.45, 7) is 5.18. The highest BCUT2D eigenvalue weighted by atomic mass is 35.5. The molecule has 0 aliphatic carbocycles.